The number of urea groups is 2. The monoisotopic (exact) mass is 1050 g/mol. The van der Waals surface area contributed by atoms with Gasteiger partial charge in [-0.2, -0.15) is 36.9 Å². The number of carbonyl (C=O) groups excluding carboxylic acids is 4. The average molecular weight is 1050 g/mol. The smallest absolute Gasteiger partial charge is 0.416 e. The third-order valence-corrected chi connectivity index (χ3v) is 14.0. The fourth-order valence-corrected chi connectivity index (χ4v) is 10.2. The van der Waals surface area contributed by atoms with Gasteiger partial charge in [-0.3, -0.25) is 19.4 Å². The molecule has 0 saturated carbocycles. The van der Waals surface area contributed by atoms with Crippen LogP contribution in [0.25, 0.3) is 0 Å². The zero-order chi connectivity index (χ0) is 53.6. The second kappa shape index (κ2) is 20.1. The van der Waals surface area contributed by atoms with E-state index < -0.39 is 75.3 Å². The highest BCUT2D eigenvalue weighted by atomic mass is 32.2. The molecule has 0 saturated heterocycles. The summed E-state index contributed by atoms with van der Waals surface area (Å²) in [4.78, 5) is 61.7. The van der Waals surface area contributed by atoms with Crippen molar-refractivity contribution in [3.63, 3.8) is 0 Å². The van der Waals surface area contributed by atoms with E-state index in [0.717, 1.165) is 46.2 Å². The van der Waals surface area contributed by atoms with Crippen LogP contribution in [0.2, 0.25) is 0 Å². The summed E-state index contributed by atoms with van der Waals surface area (Å²) in [5.74, 6) is -1.74. The molecule has 16 nitrogen and oxygen atoms in total. The van der Waals surface area contributed by atoms with Gasteiger partial charge in [-0.1, -0.05) is 36.4 Å². The van der Waals surface area contributed by atoms with E-state index in [2.05, 4.69) is 10.6 Å². The molecule has 0 spiro atoms. The fraction of sp³-hybridized carbons (Fsp3) is 0.250. The quantitative estimate of drug-likeness (QED) is 0.0671. The normalized spacial score (nSPS) is 18.0. The molecule has 0 fully saturated rings. The van der Waals surface area contributed by atoms with Crippen molar-refractivity contribution in [3.05, 3.63) is 183 Å². The van der Waals surface area contributed by atoms with Crippen molar-refractivity contribution in [1.29, 1.82) is 10.5 Å². The first-order valence-corrected chi connectivity index (χ1v) is 24.7. The van der Waals surface area contributed by atoms with E-state index in [1.54, 1.807) is 47.3 Å². The van der Waals surface area contributed by atoms with E-state index in [1.165, 1.54) is 46.2 Å². The molecule has 75 heavy (non-hydrogen) atoms. The Labute approximate surface area is 424 Å². The standard InChI is InChI=1S/C52H41F6N9O7S/c53-51(54,55)37-4-1-6-39(23-37)66-41-29-64(47(68)43(41)45(61-49(66)70)35-12-8-31(25-59)9-13-35)19-16-33-22-34(28-63(27-33)18-3-21-75(72,73)74)17-20-65-30-42-44(48(65)69)46(36-14-10-32(26-60)11-15-36)62-50(71)67(42)40-7-2-5-38(24-40)52(56,57)58/h1-2,4-15,22-24,27-28,45-46H,3,16-21,29-30H2,(H2-,61,62,70,71,72,73,74)/t45-,46-/m1/s1. The maximum Gasteiger partial charge on any atom is 0.416 e. The highest BCUT2D eigenvalue weighted by Crippen LogP contribution is 2.42. The van der Waals surface area contributed by atoms with Gasteiger partial charge in [0.25, 0.3) is 11.8 Å². The number of hydrogen-bond donors (Lipinski definition) is 2. The molecule has 9 rings (SSSR count). The SMILES string of the molecule is N#Cc1ccc([C@H]2NC(=O)N(c3cccc(C(F)(F)F)c3)C3=C2C(=O)N(CCc2cc(CCN4CC5=C(C4=O)[C@@H](c4ccc(C#N)cc4)NC(=O)N5c4cccc(C(F)(F)F)c4)c[n+](CCCS(=O)(=O)[O-])c2)C3)cc1. The molecule has 384 valence electrons. The number of alkyl halides is 6. The van der Waals surface area contributed by atoms with Crippen LogP contribution < -0.4 is 25.0 Å². The highest BCUT2D eigenvalue weighted by Gasteiger charge is 2.47. The molecule has 6 amide bonds. The van der Waals surface area contributed by atoms with Gasteiger partial charge in [0.2, 0.25) is 0 Å². The van der Waals surface area contributed by atoms with Gasteiger partial charge in [0, 0.05) is 36.4 Å². The zero-order valence-corrected chi connectivity index (χ0v) is 40.0. The van der Waals surface area contributed by atoms with Crippen molar-refractivity contribution in [3.8, 4) is 12.1 Å². The molecule has 4 aliphatic heterocycles. The highest BCUT2D eigenvalue weighted by molar-refractivity contribution is 7.85. The molecule has 0 bridgehead atoms. The zero-order valence-electron chi connectivity index (χ0n) is 39.2. The van der Waals surface area contributed by atoms with Gasteiger partial charge in [0.05, 0.1) is 104 Å². The Balaban J connectivity index is 0.992. The molecule has 0 radical (unpaired) electrons. The molecule has 0 aliphatic carbocycles. The van der Waals surface area contributed by atoms with Crippen LogP contribution in [0, 0.1) is 22.7 Å². The number of carbonyl (C=O) groups is 4. The minimum atomic E-state index is -4.75. The van der Waals surface area contributed by atoms with Gasteiger partial charge >= 0.3 is 24.4 Å². The van der Waals surface area contributed by atoms with Crippen LogP contribution in [0.3, 0.4) is 0 Å². The maximum atomic E-state index is 14.5. The van der Waals surface area contributed by atoms with Crippen molar-refractivity contribution in [2.24, 2.45) is 0 Å². The predicted octanol–water partition coefficient (Wildman–Crippen LogP) is 6.91. The number of amides is 6. The van der Waals surface area contributed by atoms with Gasteiger partial charge in [-0.05, 0) is 90.7 Å². The minimum absolute atomic E-state index is 0.000669. The summed E-state index contributed by atoms with van der Waals surface area (Å²) in [5.41, 5.74) is 0.816. The van der Waals surface area contributed by atoms with Crippen molar-refractivity contribution >= 4 is 45.4 Å². The molecule has 23 heteroatoms. The Morgan fingerprint density at radius 1 is 0.627 bits per heavy atom. The molecular weight excluding hydrogens is 1010 g/mol. The summed E-state index contributed by atoms with van der Waals surface area (Å²) < 4.78 is 120. The largest absolute Gasteiger partial charge is 0.748 e. The molecule has 2 N–H and O–H groups in total. The molecule has 4 aromatic carbocycles. The lowest BCUT2D eigenvalue weighted by Crippen LogP contribution is -2.47. The Kier molecular flexibility index (Phi) is 13.7. The van der Waals surface area contributed by atoms with E-state index >= 15 is 0 Å². The van der Waals surface area contributed by atoms with Crippen LogP contribution in [-0.2, 0) is 51.4 Å². The third kappa shape index (κ3) is 10.8. The van der Waals surface area contributed by atoms with Crippen molar-refractivity contribution in [2.45, 2.75) is 50.2 Å². The van der Waals surface area contributed by atoms with Crippen molar-refractivity contribution < 1.29 is 63.1 Å². The molecule has 4 aliphatic rings. The van der Waals surface area contributed by atoms with Crippen molar-refractivity contribution in [1.82, 2.24) is 20.4 Å². The lowest BCUT2D eigenvalue weighted by atomic mass is 9.94. The van der Waals surface area contributed by atoms with E-state index in [-0.39, 0.29) is 85.9 Å². The lowest BCUT2D eigenvalue weighted by molar-refractivity contribution is -0.697. The lowest BCUT2D eigenvalue weighted by Gasteiger charge is -2.34. The second-order valence-corrected chi connectivity index (χ2v) is 19.6. The second-order valence-electron chi connectivity index (χ2n) is 18.1. The van der Waals surface area contributed by atoms with Gasteiger partial charge in [0.1, 0.15) is 6.54 Å². The molecule has 5 aromatic rings. The van der Waals surface area contributed by atoms with E-state index in [0.29, 0.717) is 33.4 Å². The van der Waals surface area contributed by atoms with Crippen LogP contribution >= 0.6 is 0 Å². The molecular formula is C52H41F6N9O7S. The number of aromatic nitrogens is 1. The van der Waals surface area contributed by atoms with E-state index in [4.69, 9.17) is 0 Å². The first-order valence-electron chi connectivity index (χ1n) is 23.2. The topological polar surface area (TPSA) is 214 Å². The minimum Gasteiger partial charge on any atom is -0.748 e. The number of halogens is 6. The number of nitrogens with one attached hydrogen (secondary N) is 2. The number of benzene rings is 4. The molecule has 5 heterocycles. The number of hydrogen-bond acceptors (Lipinski definition) is 9. The summed E-state index contributed by atoms with van der Waals surface area (Å²) in [5, 5.41) is 24.3. The third-order valence-electron chi connectivity index (χ3n) is 13.2. The van der Waals surface area contributed by atoms with Crippen LogP contribution in [0.15, 0.2) is 138 Å². The molecule has 2 atom stereocenters. The first-order chi connectivity index (χ1) is 35.6. The summed E-state index contributed by atoms with van der Waals surface area (Å²) in [6.07, 6.45) is -5.93. The van der Waals surface area contributed by atoms with Crippen LogP contribution in [0.1, 0.15) is 63.0 Å². The Hall–Kier alpha value is -8.54. The number of pyridine rings is 1. The van der Waals surface area contributed by atoms with E-state index in [9.17, 15) is 69.0 Å². The fourth-order valence-electron chi connectivity index (χ4n) is 9.67. The number of nitrogens with zero attached hydrogens (tertiary/aromatic N) is 7. The van der Waals surface area contributed by atoms with Gasteiger partial charge < -0.3 is 25.0 Å². The summed E-state index contributed by atoms with van der Waals surface area (Å²) in [6, 6.07) is 22.6. The first kappa shape index (κ1) is 51.4. The number of nitriles is 2. The van der Waals surface area contributed by atoms with Crippen molar-refractivity contribution in [2.75, 3.05) is 41.7 Å². The average Bonchev–Trinajstić information content (AvgIpc) is 3.88. The molecule has 1 aromatic heterocycles. The summed E-state index contributed by atoms with van der Waals surface area (Å²) >= 11 is 0. The van der Waals surface area contributed by atoms with Gasteiger partial charge in [0.15, 0.2) is 12.4 Å². The Morgan fingerprint density at radius 3 is 1.41 bits per heavy atom. The Morgan fingerprint density at radius 2 is 1.04 bits per heavy atom. The predicted molar refractivity (Wildman–Crippen MR) is 253 cm³/mol. The van der Waals surface area contributed by atoms with Crippen LogP contribution in [-0.4, -0.2) is 78.6 Å². The number of anilines is 2. The number of rotatable bonds is 14. The van der Waals surface area contributed by atoms with Crippen LogP contribution in [0.4, 0.5) is 47.3 Å². The van der Waals surface area contributed by atoms with Gasteiger partial charge in [-0.15, -0.1) is 0 Å². The maximum absolute atomic E-state index is 14.5. The Bertz CT molecular complexity index is 3220. The van der Waals surface area contributed by atoms with Crippen LogP contribution in [0.5, 0.6) is 0 Å². The number of aryl methyl sites for hydroxylation is 1. The summed E-state index contributed by atoms with van der Waals surface area (Å²) in [7, 11) is -4.59. The van der Waals surface area contributed by atoms with Gasteiger partial charge in [-0.25, -0.2) is 22.6 Å². The summed E-state index contributed by atoms with van der Waals surface area (Å²) in [6.45, 7) is -0.340. The van der Waals surface area contributed by atoms with E-state index in [1.807, 2.05) is 12.1 Å². The molecule has 0 unspecified atom stereocenters.